The summed E-state index contributed by atoms with van der Waals surface area (Å²) in [5, 5.41) is 10.1. The molecule has 0 radical (unpaired) electrons. The Morgan fingerprint density at radius 1 is 1.21 bits per heavy atom. The molecule has 1 aliphatic rings. The van der Waals surface area contributed by atoms with Crippen molar-refractivity contribution in [3.05, 3.63) is 59.9 Å². The van der Waals surface area contributed by atoms with Crippen molar-refractivity contribution in [1.82, 2.24) is 9.88 Å². The van der Waals surface area contributed by atoms with Crippen molar-refractivity contribution in [2.24, 2.45) is 5.92 Å². The van der Waals surface area contributed by atoms with Crippen molar-refractivity contribution < 1.29 is 19.1 Å². The van der Waals surface area contributed by atoms with Gasteiger partial charge in [0.1, 0.15) is 5.82 Å². The molecule has 0 bridgehead atoms. The SMILES string of the molecule is CC1C(C(=O)O)CCN1C(=O)CCc1c(-c2ccccc2)[nH]c2ccc(F)cc12. The van der Waals surface area contributed by atoms with E-state index in [0.717, 1.165) is 27.7 Å². The number of benzene rings is 2. The van der Waals surface area contributed by atoms with E-state index in [2.05, 4.69) is 4.98 Å². The number of aromatic nitrogens is 1. The molecular weight excluding hydrogens is 371 g/mol. The van der Waals surface area contributed by atoms with Gasteiger partial charge in [-0.15, -0.1) is 0 Å². The lowest BCUT2D eigenvalue weighted by atomic mass is 10.00. The minimum atomic E-state index is -0.855. The number of aryl methyl sites for hydroxylation is 1. The van der Waals surface area contributed by atoms with E-state index >= 15 is 0 Å². The number of fused-ring (bicyclic) bond motifs is 1. The molecule has 1 aromatic heterocycles. The number of hydrogen-bond donors (Lipinski definition) is 2. The molecule has 0 aliphatic carbocycles. The third kappa shape index (κ3) is 3.62. The van der Waals surface area contributed by atoms with Gasteiger partial charge in [-0.1, -0.05) is 30.3 Å². The van der Waals surface area contributed by atoms with Gasteiger partial charge in [0.2, 0.25) is 5.91 Å². The number of carboxylic acid groups (broad SMARTS) is 1. The summed E-state index contributed by atoms with van der Waals surface area (Å²) >= 11 is 0. The molecule has 5 nitrogen and oxygen atoms in total. The molecule has 1 fully saturated rings. The smallest absolute Gasteiger partial charge is 0.308 e. The Balaban J connectivity index is 1.61. The van der Waals surface area contributed by atoms with Crippen LogP contribution in [-0.2, 0) is 16.0 Å². The third-order valence-corrected chi connectivity index (χ3v) is 5.91. The first-order valence-corrected chi connectivity index (χ1v) is 9.83. The normalized spacial score (nSPS) is 19.0. The molecule has 2 aromatic carbocycles. The number of H-pyrrole nitrogens is 1. The predicted octanol–water partition coefficient (Wildman–Crippen LogP) is 4.23. The van der Waals surface area contributed by atoms with Crippen molar-refractivity contribution >= 4 is 22.8 Å². The molecule has 1 aliphatic heterocycles. The summed E-state index contributed by atoms with van der Waals surface area (Å²) in [6.07, 6.45) is 1.18. The maximum Gasteiger partial charge on any atom is 0.308 e. The number of aromatic amines is 1. The highest BCUT2D eigenvalue weighted by atomic mass is 19.1. The van der Waals surface area contributed by atoms with Crippen LogP contribution in [0.3, 0.4) is 0 Å². The van der Waals surface area contributed by atoms with E-state index in [4.69, 9.17) is 0 Å². The fourth-order valence-corrected chi connectivity index (χ4v) is 4.33. The molecule has 0 saturated carbocycles. The van der Waals surface area contributed by atoms with Crippen LogP contribution in [0.4, 0.5) is 4.39 Å². The van der Waals surface area contributed by atoms with E-state index in [1.807, 2.05) is 30.3 Å². The fraction of sp³-hybridized carbons (Fsp3) is 0.304. The van der Waals surface area contributed by atoms with Gasteiger partial charge in [0, 0.05) is 35.6 Å². The zero-order chi connectivity index (χ0) is 20.5. The third-order valence-electron chi connectivity index (χ3n) is 5.91. The van der Waals surface area contributed by atoms with Gasteiger partial charge in [0.25, 0.3) is 0 Å². The number of nitrogens with one attached hydrogen (secondary N) is 1. The monoisotopic (exact) mass is 394 g/mol. The van der Waals surface area contributed by atoms with E-state index in [1.54, 1.807) is 17.9 Å². The Labute approximate surface area is 168 Å². The molecule has 2 heterocycles. The predicted molar refractivity (Wildman–Crippen MR) is 109 cm³/mol. The number of likely N-dealkylation sites (tertiary alicyclic amines) is 1. The quantitative estimate of drug-likeness (QED) is 0.680. The van der Waals surface area contributed by atoms with Gasteiger partial charge in [0.05, 0.1) is 5.92 Å². The van der Waals surface area contributed by atoms with Crippen molar-refractivity contribution in [2.45, 2.75) is 32.2 Å². The van der Waals surface area contributed by atoms with E-state index < -0.39 is 11.9 Å². The molecule has 6 heteroatoms. The molecule has 1 saturated heterocycles. The van der Waals surface area contributed by atoms with Gasteiger partial charge in [-0.25, -0.2) is 4.39 Å². The van der Waals surface area contributed by atoms with Crippen molar-refractivity contribution in [1.29, 1.82) is 0 Å². The number of amides is 1. The summed E-state index contributed by atoms with van der Waals surface area (Å²) in [7, 11) is 0. The van der Waals surface area contributed by atoms with Crippen molar-refractivity contribution in [3.8, 4) is 11.3 Å². The van der Waals surface area contributed by atoms with E-state index in [9.17, 15) is 19.1 Å². The summed E-state index contributed by atoms with van der Waals surface area (Å²) in [5.74, 6) is -1.75. The van der Waals surface area contributed by atoms with E-state index in [0.29, 0.717) is 19.4 Å². The van der Waals surface area contributed by atoms with Crippen LogP contribution in [0.15, 0.2) is 48.5 Å². The Morgan fingerprint density at radius 2 is 1.97 bits per heavy atom. The lowest BCUT2D eigenvalue weighted by molar-refractivity contribution is -0.143. The standard InChI is InChI=1S/C23H23FN2O3/c1-14-17(23(28)29)11-12-26(14)21(27)10-8-18-19-13-16(24)7-9-20(19)25-22(18)15-5-3-2-4-6-15/h2-7,9,13-14,17,25H,8,10-12H2,1H3,(H,28,29). The van der Waals surface area contributed by atoms with Crippen LogP contribution in [0.2, 0.25) is 0 Å². The highest BCUT2D eigenvalue weighted by Crippen LogP contribution is 2.32. The Bertz CT molecular complexity index is 1060. The Kier molecular flexibility index (Phi) is 5.09. The molecule has 2 atom stereocenters. The van der Waals surface area contributed by atoms with Crippen molar-refractivity contribution in [3.63, 3.8) is 0 Å². The van der Waals surface area contributed by atoms with Gasteiger partial charge >= 0.3 is 5.97 Å². The van der Waals surface area contributed by atoms with Gasteiger partial charge in [0.15, 0.2) is 0 Å². The zero-order valence-corrected chi connectivity index (χ0v) is 16.2. The summed E-state index contributed by atoms with van der Waals surface area (Å²) in [4.78, 5) is 29.2. The van der Waals surface area contributed by atoms with Crippen LogP contribution in [0.1, 0.15) is 25.3 Å². The zero-order valence-electron chi connectivity index (χ0n) is 16.2. The topological polar surface area (TPSA) is 73.4 Å². The van der Waals surface area contributed by atoms with Crippen LogP contribution in [-0.4, -0.2) is 39.5 Å². The molecule has 0 spiro atoms. The van der Waals surface area contributed by atoms with Crippen LogP contribution in [0.25, 0.3) is 22.2 Å². The van der Waals surface area contributed by atoms with Crippen molar-refractivity contribution in [2.75, 3.05) is 6.54 Å². The number of rotatable bonds is 5. The minimum absolute atomic E-state index is 0.0639. The maximum absolute atomic E-state index is 13.9. The number of carboxylic acids is 1. The average Bonchev–Trinajstić information content (AvgIpc) is 3.27. The second-order valence-electron chi connectivity index (χ2n) is 7.60. The molecule has 29 heavy (non-hydrogen) atoms. The van der Waals surface area contributed by atoms with Crippen LogP contribution < -0.4 is 0 Å². The number of aliphatic carboxylic acids is 1. The minimum Gasteiger partial charge on any atom is -0.481 e. The molecular formula is C23H23FN2O3. The van der Waals surface area contributed by atoms with Gasteiger partial charge in [-0.3, -0.25) is 9.59 Å². The Morgan fingerprint density at radius 3 is 2.66 bits per heavy atom. The number of carbonyl (C=O) groups excluding carboxylic acids is 1. The lowest BCUT2D eigenvalue weighted by Gasteiger charge is -2.23. The highest BCUT2D eigenvalue weighted by molar-refractivity contribution is 5.91. The van der Waals surface area contributed by atoms with Crippen LogP contribution >= 0.6 is 0 Å². The molecule has 3 aromatic rings. The average molecular weight is 394 g/mol. The van der Waals surface area contributed by atoms with E-state index in [-0.39, 0.29) is 24.2 Å². The number of nitrogens with zero attached hydrogens (tertiary/aromatic N) is 1. The molecule has 4 rings (SSSR count). The maximum atomic E-state index is 13.9. The van der Waals surface area contributed by atoms with Gasteiger partial charge in [-0.05, 0) is 49.1 Å². The first-order chi connectivity index (χ1) is 14.0. The number of halogens is 1. The van der Waals surface area contributed by atoms with E-state index in [1.165, 1.54) is 12.1 Å². The molecule has 1 amide bonds. The number of carbonyl (C=O) groups is 2. The summed E-state index contributed by atoms with van der Waals surface area (Å²) in [6, 6.07) is 14.1. The molecule has 150 valence electrons. The summed E-state index contributed by atoms with van der Waals surface area (Å²) in [6.45, 7) is 2.26. The summed E-state index contributed by atoms with van der Waals surface area (Å²) < 4.78 is 13.9. The highest BCUT2D eigenvalue weighted by Gasteiger charge is 2.37. The first kappa shape index (κ1) is 19.2. The van der Waals surface area contributed by atoms with Gasteiger partial charge in [-0.2, -0.15) is 0 Å². The Hall–Kier alpha value is -3.15. The lowest BCUT2D eigenvalue weighted by Crippen LogP contribution is -2.37. The second kappa shape index (κ2) is 7.70. The largest absolute Gasteiger partial charge is 0.481 e. The second-order valence-corrected chi connectivity index (χ2v) is 7.60. The first-order valence-electron chi connectivity index (χ1n) is 9.83. The summed E-state index contributed by atoms with van der Waals surface area (Å²) in [5.41, 5.74) is 3.60. The van der Waals surface area contributed by atoms with Gasteiger partial charge < -0.3 is 15.0 Å². The molecule has 2 N–H and O–H groups in total. The molecule has 2 unspecified atom stereocenters. The van der Waals surface area contributed by atoms with Crippen LogP contribution in [0, 0.1) is 11.7 Å². The van der Waals surface area contributed by atoms with Crippen LogP contribution in [0.5, 0.6) is 0 Å². The fourth-order valence-electron chi connectivity index (χ4n) is 4.33. The number of hydrogen-bond acceptors (Lipinski definition) is 2.